The Kier molecular flexibility index (Phi) is 8.70. The van der Waals surface area contributed by atoms with Gasteiger partial charge in [-0.2, -0.15) is 21.6 Å². The second-order valence-electron chi connectivity index (χ2n) is 7.90. The lowest BCUT2D eigenvalue weighted by Crippen LogP contribution is -2.41. The molecule has 1 atom stereocenters. The number of benzene rings is 1. The van der Waals surface area contributed by atoms with Crippen LogP contribution < -0.4 is 0 Å². The highest BCUT2D eigenvalue weighted by Crippen LogP contribution is 2.33. The van der Waals surface area contributed by atoms with Gasteiger partial charge in [0.25, 0.3) is 10.1 Å². The molecule has 172 valence electrons. The second kappa shape index (κ2) is 10.6. The smallest absolute Gasteiger partial charge is 0.426 e. The van der Waals surface area contributed by atoms with Gasteiger partial charge in [-0.05, 0) is 37.7 Å². The predicted octanol–water partition coefficient (Wildman–Crippen LogP) is 2.49. The molecule has 11 heteroatoms. The number of aryl methyl sites for hydroxylation is 1. The maximum atomic E-state index is 12.9. The number of Topliss-reactive ketones (excluding diaryl/α,β-unsaturated/α-hetero) is 1. The van der Waals surface area contributed by atoms with Crippen LogP contribution in [0, 0.1) is 11.8 Å². The molecule has 1 N–H and O–H groups in total. The standard InChI is InChI=1S/C20H26BF3O6S/c21-11-14-3-1-13(2-4-14)5-10-17(25)15-6-8-16(9-7-15)19(26)30-18(20(22,23)24)12-31(27,28)29/h1-4,15-16,18H,5-12,21H2,(H,27,28,29). The van der Waals surface area contributed by atoms with Crippen molar-refractivity contribution < 1.29 is 40.5 Å². The first-order valence-corrected chi connectivity index (χ1v) is 11.8. The Hall–Kier alpha value is -1.88. The third kappa shape index (κ3) is 8.29. The summed E-state index contributed by atoms with van der Waals surface area (Å²) in [4.78, 5) is 24.6. The van der Waals surface area contributed by atoms with Crippen molar-refractivity contribution in [2.24, 2.45) is 11.8 Å². The van der Waals surface area contributed by atoms with Crippen LogP contribution in [-0.4, -0.2) is 50.6 Å². The summed E-state index contributed by atoms with van der Waals surface area (Å²) in [6, 6.07) is 8.02. The van der Waals surface area contributed by atoms with Crippen LogP contribution in [0.2, 0.25) is 0 Å². The van der Waals surface area contributed by atoms with Crippen LogP contribution in [0.3, 0.4) is 0 Å². The molecule has 0 heterocycles. The van der Waals surface area contributed by atoms with Crippen molar-refractivity contribution in [3.63, 3.8) is 0 Å². The van der Waals surface area contributed by atoms with Gasteiger partial charge >= 0.3 is 12.1 Å². The number of alkyl halides is 3. The monoisotopic (exact) mass is 462 g/mol. The third-order valence-electron chi connectivity index (χ3n) is 5.59. The molecule has 0 bridgehead atoms. The van der Waals surface area contributed by atoms with Crippen LogP contribution in [0.1, 0.15) is 43.2 Å². The molecule has 1 fully saturated rings. The Labute approximate surface area is 180 Å². The molecule has 1 aromatic carbocycles. The number of rotatable bonds is 9. The molecule has 1 saturated carbocycles. The minimum absolute atomic E-state index is 0.0610. The van der Waals surface area contributed by atoms with E-state index >= 15 is 0 Å². The minimum Gasteiger partial charge on any atom is -0.451 e. The molecule has 1 aliphatic carbocycles. The van der Waals surface area contributed by atoms with Gasteiger partial charge in [0.15, 0.2) is 0 Å². The van der Waals surface area contributed by atoms with E-state index in [4.69, 9.17) is 4.55 Å². The van der Waals surface area contributed by atoms with Gasteiger partial charge in [-0.15, -0.1) is 0 Å². The van der Waals surface area contributed by atoms with E-state index in [-0.39, 0.29) is 24.5 Å². The van der Waals surface area contributed by atoms with E-state index in [1.807, 2.05) is 24.3 Å². The summed E-state index contributed by atoms with van der Waals surface area (Å²) in [5.41, 5.74) is 2.27. The number of ketones is 1. The molecule has 1 unspecified atom stereocenters. The van der Waals surface area contributed by atoms with E-state index in [9.17, 15) is 31.2 Å². The number of carbonyl (C=O) groups is 2. The molecule has 2 rings (SSSR count). The van der Waals surface area contributed by atoms with Crippen LogP contribution >= 0.6 is 0 Å². The normalized spacial score (nSPS) is 20.8. The Morgan fingerprint density at radius 1 is 1.06 bits per heavy atom. The quantitative estimate of drug-likeness (QED) is 0.344. The average Bonchev–Trinajstić information content (AvgIpc) is 2.70. The number of esters is 1. The van der Waals surface area contributed by atoms with Gasteiger partial charge in [0.05, 0.1) is 5.92 Å². The van der Waals surface area contributed by atoms with Crippen LogP contribution in [-0.2, 0) is 37.2 Å². The fourth-order valence-corrected chi connectivity index (χ4v) is 4.33. The van der Waals surface area contributed by atoms with E-state index in [0.717, 1.165) is 11.9 Å². The largest absolute Gasteiger partial charge is 0.451 e. The molecule has 31 heavy (non-hydrogen) atoms. The number of ether oxygens (including phenoxy) is 1. The van der Waals surface area contributed by atoms with Crippen molar-refractivity contribution >= 4 is 29.7 Å². The molecule has 1 aromatic rings. The van der Waals surface area contributed by atoms with Crippen molar-refractivity contribution in [3.8, 4) is 0 Å². The molecular weight excluding hydrogens is 436 g/mol. The predicted molar refractivity (Wildman–Crippen MR) is 110 cm³/mol. The molecule has 0 spiro atoms. The van der Waals surface area contributed by atoms with Gasteiger partial charge in [-0.3, -0.25) is 14.1 Å². The number of hydrogen-bond donors (Lipinski definition) is 1. The van der Waals surface area contributed by atoms with Crippen molar-refractivity contribution in [2.75, 3.05) is 5.75 Å². The lowest BCUT2D eigenvalue weighted by atomic mass is 9.79. The summed E-state index contributed by atoms with van der Waals surface area (Å²) in [6.07, 6.45) is -5.03. The highest BCUT2D eigenvalue weighted by molar-refractivity contribution is 7.85. The van der Waals surface area contributed by atoms with Gasteiger partial charge in [0.1, 0.15) is 19.4 Å². The molecule has 0 saturated heterocycles. The third-order valence-corrected chi connectivity index (χ3v) is 6.32. The van der Waals surface area contributed by atoms with Gasteiger partial charge in [-0.25, -0.2) is 0 Å². The first kappa shape index (κ1) is 25.4. The summed E-state index contributed by atoms with van der Waals surface area (Å²) in [5, 5.41) is 0. The lowest BCUT2D eigenvalue weighted by molar-refractivity contribution is -0.218. The summed E-state index contributed by atoms with van der Waals surface area (Å²) in [7, 11) is -2.92. The molecule has 0 amide bonds. The molecule has 0 aliphatic heterocycles. The zero-order valence-corrected chi connectivity index (χ0v) is 18.0. The first-order valence-electron chi connectivity index (χ1n) is 10.2. The maximum absolute atomic E-state index is 12.9. The van der Waals surface area contributed by atoms with Gasteiger partial charge in [-0.1, -0.05) is 36.1 Å². The van der Waals surface area contributed by atoms with Gasteiger partial charge in [0.2, 0.25) is 6.10 Å². The number of hydrogen-bond acceptors (Lipinski definition) is 5. The van der Waals surface area contributed by atoms with Crippen molar-refractivity contribution in [1.82, 2.24) is 0 Å². The molecule has 0 aromatic heterocycles. The van der Waals surface area contributed by atoms with Crippen LogP contribution in [0.4, 0.5) is 13.2 Å². The van der Waals surface area contributed by atoms with E-state index in [0.29, 0.717) is 25.7 Å². The SMILES string of the molecule is BCc1ccc(CCC(=O)C2CCC(C(=O)OC(CS(=O)(=O)O)C(F)(F)F)CC2)cc1. The Morgan fingerprint density at radius 3 is 2.06 bits per heavy atom. The van der Waals surface area contributed by atoms with Crippen molar-refractivity contribution in [2.45, 2.75) is 57.1 Å². The molecule has 0 radical (unpaired) electrons. The van der Waals surface area contributed by atoms with Crippen molar-refractivity contribution in [3.05, 3.63) is 35.4 Å². The first-order chi connectivity index (χ1) is 14.4. The average molecular weight is 462 g/mol. The van der Waals surface area contributed by atoms with Crippen molar-refractivity contribution in [1.29, 1.82) is 0 Å². The summed E-state index contributed by atoms with van der Waals surface area (Å²) < 4.78 is 73.4. The number of carbonyl (C=O) groups excluding carboxylic acids is 2. The van der Waals surface area contributed by atoms with E-state index in [1.54, 1.807) is 0 Å². The maximum Gasteiger partial charge on any atom is 0.426 e. The Bertz CT molecular complexity index is 862. The van der Waals surface area contributed by atoms with Crippen LogP contribution in [0.25, 0.3) is 0 Å². The van der Waals surface area contributed by atoms with Crippen LogP contribution in [0.15, 0.2) is 24.3 Å². The van der Waals surface area contributed by atoms with Crippen LogP contribution in [0.5, 0.6) is 0 Å². The van der Waals surface area contributed by atoms with Gasteiger partial charge < -0.3 is 4.74 Å². The zero-order chi connectivity index (χ0) is 23.2. The number of halogens is 3. The van der Waals surface area contributed by atoms with Gasteiger partial charge in [0, 0.05) is 12.3 Å². The summed E-state index contributed by atoms with van der Waals surface area (Å²) in [5.74, 6) is -3.93. The lowest BCUT2D eigenvalue weighted by Gasteiger charge is -2.28. The fourth-order valence-electron chi connectivity index (χ4n) is 3.69. The molecular formula is C20H26BF3O6S. The van der Waals surface area contributed by atoms with E-state index in [1.165, 1.54) is 5.56 Å². The van der Waals surface area contributed by atoms with E-state index in [2.05, 4.69) is 12.6 Å². The fraction of sp³-hybridized carbons (Fsp3) is 0.600. The molecule has 6 nitrogen and oxygen atoms in total. The highest BCUT2D eigenvalue weighted by atomic mass is 32.2. The molecule has 1 aliphatic rings. The summed E-state index contributed by atoms with van der Waals surface area (Å²) >= 11 is 0. The minimum atomic E-state index is -5.12. The highest BCUT2D eigenvalue weighted by Gasteiger charge is 2.46. The topological polar surface area (TPSA) is 97.7 Å². The Morgan fingerprint density at radius 2 is 1.58 bits per heavy atom. The zero-order valence-electron chi connectivity index (χ0n) is 17.2. The Balaban J connectivity index is 1.83. The summed E-state index contributed by atoms with van der Waals surface area (Å²) in [6.45, 7) is 0. The second-order valence-corrected chi connectivity index (χ2v) is 9.40. The van der Waals surface area contributed by atoms with E-state index < -0.39 is 40.0 Å².